The first-order valence-electron chi connectivity index (χ1n) is 8.96. The molecule has 6 nitrogen and oxygen atoms in total. The number of hydrogen-bond acceptors (Lipinski definition) is 6. The van der Waals surface area contributed by atoms with E-state index in [4.69, 9.17) is 18.9 Å². The predicted molar refractivity (Wildman–Crippen MR) is 110 cm³/mol. The summed E-state index contributed by atoms with van der Waals surface area (Å²) >= 11 is 3.28. The normalized spacial score (nSPS) is 20.2. The first-order valence-corrected chi connectivity index (χ1v) is 10.1. The van der Waals surface area contributed by atoms with Crippen molar-refractivity contribution in [1.29, 1.82) is 0 Å². The molecule has 0 saturated carbocycles. The molecule has 1 aromatic rings. The van der Waals surface area contributed by atoms with Crippen molar-refractivity contribution >= 4 is 27.4 Å². The Morgan fingerprint density at radius 1 is 1.19 bits per heavy atom. The van der Waals surface area contributed by atoms with Gasteiger partial charge in [-0.3, -0.25) is 4.79 Å². The Bertz CT molecular complexity index is 659. The maximum absolute atomic E-state index is 12.4. The number of Topliss-reactive ketones (excluding diaryl/α,β-unsaturated/α-hetero) is 1. The molecule has 1 aliphatic heterocycles. The summed E-state index contributed by atoms with van der Waals surface area (Å²) < 4.78 is 22.2. The molecule has 0 radical (unpaired) electrons. The Balaban J connectivity index is 2.49. The molecule has 0 amide bonds. The molecule has 1 fully saturated rings. The number of methoxy groups -OCH3 is 3. The zero-order valence-corrected chi connectivity index (χ0v) is 18.6. The number of alkyl halides is 1. The lowest BCUT2D eigenvalue weighted by molar-refractivity contribution is -0.102. The van der Waals surface area contributed by atoms with Gasteiger partial charge < -0.3 is 23.8 Å². The third-order valence-corrected chi connectivity index (χ3v) is 5.29. The summed E-state index contributed by atoms with van der Waals surface area (Å²) in [4.78, 5) is 14.6. The smallest absolute Gasteiger partial charge is 0.173 e. The molecule has 152 valence electrons. The van der Waals surface area contributed by atoms with E-state index in [9.17, 15) is 4.79 Å². The summed E-state index contributed by atoms with van der Waals surface area (Å²) in [5.41, 5.74) is 2.39. The Hall–Kier alpha value is -1.15. The number of ketones is 1. The number of anilines is 1. The van der Waals surface area contributed by atoms with Gasteiger partial charge in [-0.25, -0.2) is 0 Å². The minimum Gasteiger partial charge on any atom is -0.494 e. The molecular weight excluding hydrogens is 414 g/mol. The van der Waals surface area contributed by atoms with Crippen molar-refractivity contribution in [2.75, 3.05) is 51.4 Å². The van der Waals surface area contributed by atoms with E-state index in [-0.39, 0.29) is 35.5 Å². The van der Waals surface area contributed by atoms with Gasteiger partial charge in [-0.1, -0.05) is 36.7 Å². The van der Waals surface area contributed by atoms with Crippen LogP contribution in [0.1, 0.15) is 36.7 Å². The zero-order valence-electron chi connectivity index (χ0n) is 17.0. The van der Waals surface area contributed by atoms with E-state index in [1.165, 1.54) is 0 Å². The van der Waals surface area contributed by atoms with Crippen LogP contribution in [0, 0.1) is 0 Å². The molecule has 0 aliphatic carbocycles. The third kappa shape index (κ3) is 5.02. The Labute approximate surface area is 170 Å². The van der Waals surface area contributed by atoms with Gasteiger partial charge in [-0.2, -0.15) is 0 Å². The van der Waals surface area contributed by atoms with Gasteiger partial charge in [0.2, 0.25) is 0 Å². The van der Waals surface area contributed by atoms with Gasteiger partial charge in [-0.05, 0) is 17.5 Å². The quantitative estimate of drug-likeness (QED) is 0.348. The molecule has 1 aliphatic rings. The van der Waals surface area contributed by atoms with E-state index in [2.05, 4.69) is 41.6 Å². The molecule has 0 spiro atoms. The van der Waals surface area contributed by atoms with Crippen molar-refractivity contribution in [3.8, 4) is 5.75 Å². The molecule has 27 heavy (non-hydrogen) atoms. The number of carbonyl (C=O) groups is 1. The molecule has 2 atom stereocenters. The SMILES string of the molecule is COCO[C@H]1CN(c2cc(C(=O)CBr)cc(C(C)(C)C)c2OC)C[C@H]1OC. The number of nitrogens with zero attached hydrogens (tertiary/aromatic N) is 1. The largest absolute Gasteiger partial charge is 0.494 e. The molecule has 0 unspecified atom stereocenters. The molecule has 2 rings (SSSR count). The second-order valence-electron chi connectivity index (χ2n) is 7.67. The zero-order chi connectivity index (χ0) is 20.2. The maximum Gasteiger partial charge on any atom is 0.173 e. The highest BCUT2D eigenvalue weighted by Gasteiger charge is 2.36. The topological polar surface area (TPSA) is 57.2 Å². The highest BCUT2D eigenvalue weighted by molar-refractivity contribution is 9.09. The van der Waals surface area contributed by atoms with E-state index >= 15 is 0 Å². The van der Waals surface area contributed by atoms with Crippen LogP contribution in [0.3, 0.4) is 0 Å². The van der Waals surface area contributed by atoms with Gasteiger partial charge in [0.1, 0.15) is 24.8 Å². The van der Waals surface area contributed by atoms with Crippen LogP contribution >= 0.6 is 15.9 Å². The van der Waals surface area contributed by atoms with Crippen LogP contribution in [0.15, 0.2) is 12.1 Å². The van der Waals surface area contributed by atoms with Gasteiger partial charge in [0.05, 0.1) is 18.1 Å². The van der Waals surface area contributed by atoms with Gasteiger partial charge in [0, 0.05) is 38.4 Å². The van der Waals surface area contributed by atoms with Crippen LogP contribution in [-0.2, 0) is 19.6 Å². The number of rotatable bonds is 8. The Kier molecular flexibility index (Phi) is 7.68. The molecule has 0 bridgehead atoms. The standard InChI is InChI=1S/C20H30BrNO5/c1-20(2,3)14-7-13(16(23)9-21)8-15(19(14)26-6)22-10-17(25-5)18(11-22)27-12-24-4/h7-8,17-18H,9-12H2,1-6H3/t17-,18+/m1/s1. The monoisotopic (exact) mass is 443 g/mol. The summed E-state index contributed by atoms with van der Waals surface area (Å²) in [7, 11) is 4.95. The van der Waals surface area contributed by atoms with E-state index in [1.807, 2.05) is 12.1 Å². The fourth-order valence-corrected chi connectivity index (χ4v) is 3.66. The van der Waals surface area contributed by atoms with Crippen LogP contribution < -0.4 is 9.64 Å². The Morgan fingerprint density at radius 2 is 1.85 bits per heavy atom. The molecule has 1 aromatic carbocycles. The average molecular weight is 444 g/mol. The van der Waals surface area contributed by atoms with Gasteiger partial charge in [0.15, 0.2) is 5.78 Å². The molecule has 1 heterocycles. The minimum absolute atomic E-state index is 0.0408. The second kappa shape index (κ2) is 9.37. The number of ether oxygens (including phenoxy) is 4. The molecule has 0 N–H and O–H groups in total. The summed E-state index contributed by atoms with van der Waals surface area (Å²) in [5.74, 6) is 0.829. The van der Waals surface area contributed by atoms with E-state index in [1.54, 1.807) is 21.3 Å². The van der Waals surface area contributed by atoms with Crippen molar-refractivity contribution in [3.63, 3.8) is 0 Å². The molecule has 1 saturated heterocycles. The fourth-order valence-electron chi connectivity index (χ4n) is 3.34. The second-order valence-corrected chi connectivity index (χ2v) is 8.23. The first kappa shape index (κ1) is 22.1. The van der Waals surface area contributed by atoms with Crippen LogP contribution in [0.4, 0.5) is 5.69 Å². The highest BCUT2D eigenvalue weighted by Crippen LogP contribution is 2.41. The highest BCUT2D eigenvalue weighted by atomic mass is 79.9. The number of hydrogen-bond donors (Lipinski definition) is 0. The molecular formula is C20H30BrNO5. The van der Waals surface area contributed by atoms with Crippen molar-refractivity contribution in [3.05, 3.63) is 23.3 Å². The predicted octanol–water partition coefficient (Wildman–Crippen LogP) is 3.39. The maximum atomic E-state index is 12.4. The van der Waals surface area contributed by atoms with Crippen molar-refractivity contribution in [2.45, 2.75) is 38.4 Å². The third-order valence-electron chi connectivity index (χ3n) is 4.78. The van der Waals surface area contributed by atoms with Crippen LogP contribution in [0.2, 0.25) is 0 Å². The summed E-state index contributed by atoms with van der Waals surface area (Å²) in [6.07, 6.45) is -0.202. The van der Waals surface area contributed by atoms with E-state index < -0.39 is 0 Å². The number of benzene rings is 1. The lowest BCUT2D eigenvalue weighted by Crippen LogP contribution is -2.29. The summed E-state index contributed by atoms with van der Waals surface area (Å²) in [5, 5.41) is 0.280. The van der Waals surface area contributed by atoms with E-state index in [0.717, 1.165) is 17.0 Å². The Morgan fingerprint density at radius 3 is 2.37 bits per heavy atom. The fraction of sp³-hybridized carbons (Fsp3) is 0.650. The number of carbonyl (C=O) groups excluding carboxylic acids is 1. The lowest BCUT2D eigenvalue weighted by atomic mass is 9.84. The van der Waals surface area contributed by atoms with Crippen LogP contribution in [0.5, 0.6) is 5.75 Å². The average Bonchev–Trinajstić information content (AvgIpc) is 3.06. The summed E-state index contributed by atoms with van der Waals surface area (Å²) in [6, 6.07) is 3.85. The molecule has 7 heteroatoms. The number of halogens is 1. The lowest BCUT2D eigenvalue weighted by Gasteiger charge is -2.28. The minimum atomic E-state index is -0.172. The van der Waals surface area contributed by atoms with Crippen molar-refractivity contribution < 1.29 is 23.7 Å². The summed E-state index contributed by atoms with van der Waals surface area (Å²) in [6.45, 7) is 7.84. The van der Waals surface area contributed by atoms with Crippen LogP contribution in [0.25, 0.3) is 0 Å². The van der Waals surface area contributed by atoms with Crippen molar-refractivity contribution in [2.24, 2.45) is 0 Å². The first-order chi connectivity index (χ1) is 12.8. The van der Waals surface area contributed by atoms with Crippen molar-refractivity contribution in [1.82, 2.24) is 0 Å². The van der Waals surface area contributed by atoms with Crippen LogP contribution in [-0.4, -0.2) is 64.5 Å². The molecule has 0 aromatic heterocycles. The van der Waals surface area contributed by atoms with Gasteiger partial charge >= 0.3 is 0 Å². The van der Waals surface area contributed by atoms with E-state index in [0.29, 0.717) is 18.7 Å². The van der Waals surface area contributed by atoms with Gasteiger partial charge in [0.25, 0.3) is 0 Å². The van der Waals surface area contributed by atoms with Gasteiger partial charge in [-0.15, -0.1) is 0 Å².